The minimum atomic E-state index is -0.348. The van der Waals surface area contributed by atoms with Crippen LogP contribution in [-0.4, -0.2) is 18.2 Å². The van der Waals surface area contributed by atoms with Crippen LogP contribution in [-0.2, 0) is 11.4 Å². The van der Waals surface area contributed by atoms with Gasteiger partial charge in [-0.05, 0) is 100 Å². The van der Waals surface area contributed by atoms with E-state index in [0.717, 1.165) is 9.13 Å². The van der Waals surface area contributed by atoms with Crippen LogP contribution in [0.2, 0.25) is 5.02 Å². The van der Waals surface area contributed by atoms with Crippen molar-refractivity contribution in [1.29, 1.82) is 0 Å². The number of ether oxygens (including phenoxy) is 2. The van der Waals surface area contributed by atoms with Crippen molar-refractivity contribution in [2.75, 3.05) is 7.11 Å². The summed E-state index contributed by atoms with van der Waals surface area (Å²) in [4.78, 5) is 17.2. The smallest absolute Gasteiger partial charge is 0.264 e. The van der Waals surface area contributed by atoms with Crippen molar-refractivity contribution in [3.8, 4) is 11.5 Å². The Morgan fingerprint density at radius 1 is 1.15 bits per heavy atom. The fraction of sp³-hybridized carbons (Fsp3) is 0.0833. The number of carbonyl (C=O) groups is 1. The summed E-state index contributed by atoms with van der Waals surface area (Å²) >= 11 is 9.91. The number of nitrogens with one attached hydrogen (secondary N) is 1. The number of carbonyl (C=O) groups excluding carboxylic acids is 1. The van der Waals surface area contributed by atoms with Crippen molar-refractivity contribution in [3.63, 3.8) is 0 Å². The average Bonchev–Trinajstić information content (AvgIpc) is 3.13. The number of rotatable bonds is 6. The van der Waals surface area contributed by atoms with Gasteiger partial charge in [0.2, 0.25) is 0 Å². The Bertz CT molecular complexity index is 1250. The largest absolute Gasteiger partial charge is 0.493 e. The molecule has 3 aromatic rings. The van der Waals surface area contributed by atoms with E-state index in [4.69, 9.17) is 21.1 Å². The van der Waals surface area contributed by atoms with E-state index >= 15 is 0 Å². The molecule has 1 saturated heterocycles. The van der Waals surface area contributed by atoms with Gasteiger partial charge in [0.25, 0.3) is 5.91 Å². The lowest BCUT2D eigenvalue weighted by molar-refractivity contribution is -0.115. The molecule has 33 heavy (non-hydrogen) atoms. The van der Waals surface area contributed by atoms with Crippen molar-refractivity contribution in [2.45, 2.75) is 6.61 Å². The lowest BCUT2D eigenvalue weighted by Crippen LogP contribution is -2.19. The number of hydrogen-bond donors (Lipinski definition) is 1. The van der Waals surface area contributed by atoms with Crippen LogP contribution >= 0.6 is 46.0 Å². The molecule has 0 aliphatic carbocycles. The highest BCUT2D eigenvalue weighted by atomic mass is 127. The van der Waals surface area contributed by atoms with Gasteiger partial charge in [0.1, 0.15) is 12.4 Å². The number of nitrogens with zero attached hydrogens (tertiary/aromatic N) is 1. The predicted octanol–water partition coefficient (Wildman–Crippen LogP) is 6.56. The van der Waals surface area contributed by atoms with Crippen molar-refractivity contribution < 1.29 is 18.7 Å². The molecule has 5 nitrogen and oxygen atoms in total. The van der Waals surface area contributed by atoms with Gasteiger partial charge in [-0.25, -0.2) is 9.38 Å². The number of methoxy groups -OCH3 is 1. The molecular formula is C24H17ClFIN2O3S. The minimum absolute atomic E-state index is 0.282. The molecule has 9 heteroatoms. The van der Waals surface area contributed by atoms with Crippen LogP contribution in [0.1, 0.15) is 11.1 Å². The third-order valence-electron chi connectivity index (χ3n) is 4.55. The minimum Gasteiger partial charge on any atom is -0.493 e. The van der Waals surface area contributed by atoms with Crippen molar-refractivity contribution >= 4 is 68.8 Å². The molecule has 1 heterocycles. The van der Waals surface area contributed by atoms with Crippen molar-refractivity contribution in [1.82, 2.24) is 5.32 Å². The molecule has 3 aromatic carbocycles. The Labute approximate surface area is 213 Å². The molecule has 1 N–H and O–H groups in total. The molecule has 0 spiro atoms. The van der Waals surface area contributed by atoms with Gasteiger partial charge < -0.3 is 14.8 Å². The Kier molecular flexibility index (Phi) is 7.56. The first-order chi connectivity index (χ1) is 15.9. The maximum atomic E-state index is 13.1. The maximum absolute atomic E-state index is 13.1. The Balaban J connectivity index is 1.52. The maximum Gasteiger partial charge on any atom is 0.264 e. The second-order valence-corrected chi connectivity index (χ2v) is 9.59. The van der Waals surface area contributed by atoms with Gasteiger partial charge >= 0.3 is 0 Å². The van der Waals surface area contributed by atoms with Gasteiger partial charge in [-0.15, -0.1) is 0 Å². The van der Waals surface area contributed by atoms with Crippen LogP contribution < -0.4 is 14.8 Å². The quantitative estimate of drug-likeness (QED) is 0.259. The second-order valence-electron chi connectivity index (χ2n) is 6.91. The van der Waals surface area contributed by atoms with Crippen LogP contribution in [0.3, 0.4) is 0 Å². The molecule has 0 radical (unpaired) electrons. The van der Waals surface area contributed by atoms with Gasteiger partial charge in [0.15, 0.2) is 16.7 Å². The lowest BCUT2D eigenvalue weighted by atomic mass is 10.1. The predicted molar refractivity (Wildman–Crippen MR) is 139 cm³/mol. The van der Waals surface area contributed by atoms with Crippen LogP contribution in [0.15, 0.2) is 70.6 Å². The molecule has 0 unspecified atom stereocenters. The number of aliphatic imine (C=N–C) groups is 1. The molecule has 0 aromatic heterocycles. The fourth-order valence-corrected chi connectivity index (χ4v) is 4.44. The van der Waals surface area contributed by atoms with E-state index in [1.165, 1.54) is 43.1 Å². The van der Waals surface area contributed by atoms with E-state index in [0.29, 0.717) is 44.5 Å². The third kappa shape index (κ3) is 6.07. The van der Waals surface area contributed by atoms with Crippen LogP contribution in [0.4, 0.5) is 10.1 Å². The van der Waals surface area contributed by atoms with Crippen molar-refractivity contribution in [2.24, 2.45) is 4.99 Å². The summed E-state index contributed by atoms with van der Waals surface area (Å²) in [5.74, 6) is 0.264. The Morgan fingerprint density at radius 3 is 2.58 bits per heavy atom. The molecule has 0 atom stereocenters. The first-order valence-electron chi connectivity index (χ1n) is 9.71. The normalized spacial score (nSPS) is 15.7. The van der Waals surface area contributed by atoms with Crippen LogP contribution in [0.5, 0.6) is 11.5 Å². The highest BCUT2D eigenvalue weighted by molar-refractivity contribution is 14.1. The van der Waals surface area contributed by atoms with Gasteiger partial charge in [-0.2, -0.15) is 0 Å². The van der Waals surface area contributed by atoms with Gasteiger partial charge in [0.05, 0.1) is 22.7 Å². The van der Waals surface area contributed by atoms with Crippen LogP contribution in [0, 0.1) is 9.39 Å². The fourth-order valence-electron chi connectivity index (χ4n) is 2.96. The number of halogens is 3. The molecule has 1 fully saturated rings. The first kappa shape index (κ1) is 23.6. The summed E-state index contributed by atoms with van der Waals surface area (Å²) in [5, 5.41) is 3.49. The summed E-state index contributed by atoms with van der Waals surface area (Å²) in [5.41, 5.74) is 2.23. The van der Waals surface area contributed by atoms with Gasteiger partial charge in [-0.1, -0.05) is 23.7 Å². The summed E-state index contributed by atoms with van der Waals surface area (Å²) < 4.78 is 25.6. The summed E-state index contributed by atoms with van der Waals surface area (Å²) in [6.07, 6.45) is 1.70. The molecule has 1 aliphatic rings. The molecular weight excluding hydrogens is 578 g/mol. The standard InChI is InChI=1S/C24H17ClFIN2O3S/c1-31-20-11-15(10-19(25)22(20)32-13-14-2-6-17(27)7-3-14)12-21-23(30)29-24(33-21)28-18-8-4-16(26)5-9-18/h2-12H,13H2,1H3,(H,28,29,30)/b21-12+. The zero-order valence-electron chi connectivity index (χ0n) is 17.3. The summed E-state index contributed by atoms with van der Waals surface area (Å²) in [6, 6.07) is 17.2. The zero-order chi connectivity index (χ0) is 23.4. The topological polar surface area (TPSA) is 59.9 Å². The summed E-state index contributed by atoms with van der Waals surface area (Å²) in [6.45, 7) is 0.342. The number of benzene rings is 3. The van der Waals surface area contributed by atoms with Crippen molar-refractivity contribution in [3.05, 3.63) is 91.1 Å². The lowest BCUT2D eigenvalue weighted by Gasteiger charge is -2.13. The number of amidine groups is 1. The Morgan fingerprint density at radius 2 is 1.88 bits per heavy atom. The molecule has 168 valence electrons. The molecule has 0 bridgehead atoms. The summed E-state index contributed by atoms with van der Waals surface area (Å²) in [7, 11) is 1.53. The first-order valence-corrected chi connectivity index (χ1v) is 12.0. The SMILES string of the molecule is COc1cc(/C=C2/SC(=Nc3ccc(F)cc3)NC2=O)cc(Cl)c1OCc1ccc(I)cc1. The van der Waals surface area contributed by atoms with E-state index in [2.05, 4.69) is 32.9 Å². The molecule has 4 rings (SSSR count). The molecule has 0 saturated carbocycles. The van der Waals surface area contributed by atoms with E-state index in [9.17, 15) is 9.18 Å². The average molecular weight is 595 g/mol. The third-order valence-corrected chi connectivity index (χ3v) is 6.46. The Hall–Kier alpha value is -2.56. The highest BCUT2D eigenvalue weighted by Gasteiger charge is 2.24. The van der Waals surface area contributed by atoms with E-state index in [-0.39, 0.29) is 11.7 Å². The van der Waals surface area contributed by atoms with Gasteiger partial charge in [0, 0.05) is 3.57 Å². The second kappa shape index (κ2) is 10.6. The monoisotopic (exact) mass is 594 g/mol. The van der Waals surface area contributed by atoms with E-state index in [1.54, 1.807) is 18.2 Å². The zero-order valence-corrected chi connectivity index (χ0v) is 21.0. The number of amides is 1. The molecule has 1 aliphatic heterocycles. The number of hydrogen-bond acceptors (Lipinski definition) is 5. The van der Waals surface area contributed by atoms with Crippen LogP contribution in [0.25, 0.3) is 6.08 Å². The van der Waals surface area contributed by atoms with E-state index < -0.39 is 0 Å². The number of thioether (sulfide) groups is 1. The molecule has 1 amide bonds. The van der Waals surface area contributed by atoms with Gasteiger partial charge in [-0.3, -0.25) is 4.79 Å². The van der Waals surface area contributed by atoms with E-state index in [1.807, 2.05) is 24.3 Å². The highest BCUT2D eigenvalue weighted by Crippen LogP contribution is 2.38.